The highest BCUT2D eigenvalue weighted by atomic mass is 19.1. The van der Waals surface area contributed by atoms with E-state index in [-0.39, 0.29) is 11.6 Å². The number of rotatable bonds is 4. The number of halogens is 1. The molecule has 3 nitrogen and oxygen atoms in total. The van der Waals surface area contributed by atoms with Crippen LogP contribution in [0.2, 0.25) is 0 Å². The van der Waals surface area contributed by atoms with E-state index in [0.717, 1.165) is 16.8 Å². The van der Waals surface area contributed by atoms with Gasteiger partial charge in [0.15, 0.2) is 11.6 Å². The van der Waals surface area contributed by atoms with Crippen molar-refractivity contribution >= 4 is 0 Å². The highest BCUT2D eigenvalue weighted by Crippen LogP contribution is 2.19. The van der Waals surface area contributed by atoms with Crippen molar-refractivity contribution < 1.29 is 9.13 Å². The van der Waals surface area contributed by atoms with Gasteiger partial charge in [-0.15, -0.1) is 0 Å². The largest absolute Gasteiger partial charge is 0.486 e. The molecule has 2 rings (SSSR count). The van der Waals surface area contributed by atoms with Gasteiger partial charge in [0.05, 0.1) is 5.69 Å². The van der Waals surface area contributed by atoms with E-state index in [1.165, 1.54) is 6.07 Å². The van der Waals surface area contributed by atoms with Crippen LogP contribution in [-0.4, -0.2) is 4.98 Å². The molecule has 18 heavy (non-hydrogen) atoms. The number of nitrogens with two attached hydrogens (primary N) is 1. The Morgan fingerprint density at radius 1 is 1.28 bits per heavy atom. The fourth-order valence-electron chi connectivity index (χ4n) is 1.61. The van der Waals surface area contributed by atoms with Crippen molar-refractivity contribution in [3.05, 3.63) is 59.2 Å². The Labute approximate surface area is 105 Å². The quantitative estimate of drug-likeness (QED) is 0.902. The number of pyridine rings is 1. The molecule has 0 saturated carbocycles. The number of ether oxygens (including phenoxy) is 1. The van der Waals surface area contributed by atoms with Crippen LogP contribution in [0.4, 0.5) is 4.39 Å². The van der Waals surface area contributed by atoms with Crippen molar-refractivity contribution in [2.45, 2.75) is 20.1 Å². The molecule has 0 atom stereocenters. The Balaban J connectivity index is 2.08. The molecule has 1 aromatic carbocycles. The first-order valence-electron chi connectivity index (χ1n) is 5.72. The molecular weight excluding hydrogens is 231 g/mol. The lowest BCUT2D eigenvalue weighted by atomic mass is 10.2. The second kappa shape index (κ2) is 5.60. The van der Waals surface area contributed by atoms with Crippen molar-refractivity contribution in [3.63, 3.8) is 0 Å². The van der Waals surface area contributed by atoms with Crippen LogP contribution in [0.5, 0.6) is 5.75 Å². The van der Waals surface area contributed by atoms with Gasteiger partial charge in [0.2, 0.25) is 0 Å². The standard InChI is InChI=1S/C14H15FN2O/c1-10-2-3-13(15)14(6-10)18-9-11-4-5-17-12(7-11)8-16/h2-7H,8-9,16H2,1H3. The molecule has 0 spiro atoms. The number of aryl methyl sites for hydroxylation is 1. The van der Waals surface area contributed by atoms with Gasteiger partial charge in [-0.05, 0) is 42.3 Å². The predicted octanol–water partition coefficient (Wildman–Crippen LogP) is 2.57. The van der Waals surface area contributed by atoms with E-state index in [0.29, 0.717) is 13.2 Å². The summed E-state index contributed by atoms with van der Waals surface area (Å²) in [6.07, 6.45) is 1.67. The minimum Gasteiger partial charge on any atom is -0.486 e. The first-order chi connectivity index (χ1) is 8.69. The molecule has 94 valence electrons. The van der Waals surface area contributed by atoms with Crippen molar-refractivity contribution in [2.75, 3.05) is 0 Å². The second-order valence-electron chi connectivity index (χ2n) is 4.08. The third kappa shape index (κ3) is 3.05. The number of nitrogens with zero attached hydrogens (tertiary/aromatic N) is 1. The highest BCUT2D eigenvalue weighted by Gasteiger charge is 2.04. The molecule has 0 fully saturated rings. The third-order valence-electron chi connectivity index (χ3n) is 2.57. The van der Waals surface area contributed by atoms with Gasteiger partial charge < -0.3 is 10.5 Å². The number of benzene rings is 1. The van der Waals surface area contributed by atoms with E-state index in [1.807, 2.05) is 19.1 Å². The molecule has 2 aromatic rings. The average molecular weight is 246 g/mol. The van der Waals surface area contributed by atoms with Crippen LogP contribution in [0.1, 0.15) is 16.8 Å². The molecule has 1 aromatic heterocycles. The molecule has 0 aliphatic heterocycles. The lowest BCUT2D eigenvalue weighted by molar-refractivity contribution is 0.290. The molecular formula is C14H15FN2O. The summed E-state index contributed by atoms with van der Waals surface area (Å²) in [5, 5.41) is 0. The van der Waals surface area contributed by atoms with Crippen LogP contribution in [0.15, 0.2) is 36.5 Å². The fourth-order valence-corrected chi connectivity index (χ4v) is 1.61. The zero-order valence-electron chi connectivity index (χ0n) is 10.2. The molecule has 0 aliphatic rings. The van der Waals surface area contributed by atoms with Crippen LogP contribution in [0.25, 0.3) is 0 Å². The number of hydrogen-bond donors (Lipinski definition) is 1. The minimum atomic E-state index is -0.353. The maximum Gasteiger partial charge on any atom is 0.165 e. The van der Waals surface area contributed by atoms with Gasteiger partial charge in [-0.1, -0.05) is 6.07 Å². The number of aromatic nitrogens is 1. The van der Waals surface area contributed by atoms with E-state index >= 15 is 0 Å². The molecule has 0 unspecified atom stereocenters. The smallest absolute Gasteiger partial charge is 0.165 e. The summed E-state index contributed by atoms with van der Waals surface area (Å²) in [5.41, 5.74) is 8.18. The molecule has 2 N–H and O–H groups in total. The van der Waals surface area contributed by atoms with Gasteiger partial charge in [0, 0.05) is 12.7 Å². The first-order valence-corrected chi connectivity index (χ1v) is 5.72. The summed E-state index contributed by atoms with van der Waals surface area (Å²) in [7, 11) is 0. The van der Waals surface area contributed by atoms with Gasteiger partial charge in [-0.2, -0.15) is 0 Å². The maximum absolute atomic E-state index is 13.5. The topological polar surface area (TPSA) is 48.1 Å². The van der Waals surface area contributed by atoms with E-state index in [9.17, 15) is 4.39 Å². The first kappa shape index (κ1) is 12.5. The van der Waals surface area contributed by atoms with Gasteiger partial charge >= 0.3 is 0 Å². The molecule has 0 bridgehead atoms. The highest BCUT2D eigenvalue weighted by molar-refractivity contribution is 5.29. The average Bonchev–Trinajstić information content (AvgIpc) is 2.40. The van der Waals surface area contributed by atoms with E-state index in [1.54, 1.807) is 18.3 Å². The molecule has 0 radical (unpaired) electrons. The third-order valence-corrected chi connectivity index (χ3v) is 2.57. The van der Waals surface area contributed by atoms with E-state index in [2.05, 4.69) is 4.98 Å². The Bertz CT molecular complexity index is 543. The monoisotopic (exact) mass is 246 g/mol. The molecule has 4 heteroatoms. The van der Waals surface area contributed by atoms with E-state index in [4.69, 9.17) is 10.5 Å². The summed E-state index contributed by atoms with van der Waals surface area (Å²) in [4.78, 5) is 4.09. The summed E-state index contributed by atoms with van der Waals surface area (Å²) in [6.45, 7) is 2.58. The zero-order valence-corrected chi connectivity index (χ0v) is 10.2. The van der Waals surface area contributed by atoms with Crippen molar-refractivity contribution in [3.8, 4) is 5.75 Å². The Hall–Kier alpha value is -1.94. The van der Waals surface area contributed by atoms with Crippen LogP contribution < -0.4 is 10.5 Å². The van der Waals surface area contributed by atoms with Crippen molar-refractivity contribution in [1.82, 2.24) is 4.98 Å². The lowest BCUT2D eigenvalue weighted by Crippen LogP contribution is -2.02. The Morgan fingerprint density at radius 3 is 2.89 bits per heavy atom. The zero-order chi connectivity index (χ0) is 13.0. The van der Waals surface area contributed by atoms with Crippen molar-refractivity contribution in [1.29, 1.82) is 0 Å². The molecule has 0 amide bonds. The fraction of sp³-hybridized carbons (Fsp3) is 0.214. The van der Waals surface area contributed by atoms with E-state index < -0.39 is 0 Å². The normalized spacial score (nSPS) is 10.4. The second-order valence-corrected chi connectivity index (χ2v) is 4.08. The lowest BCUT2D eigenvalue weighted by Gasteiger charge is -2.08. The summed E-state index contributed by atoms with van der Waals surface area (Å²) in [5.74, 6) is -0.0881. The van der Waals surface area contributed by atoms with Crippen LogP contribution in [-0.2, 0) is 13.2 Å². The number of hydrogen-bond acceptors (Lipinski definition) is 3. The SMILES string of the molecule is Cc1ccc(F)c(OCc2ccnc(CN)c2)c1. The Morgan fingerprint density at radius 2 is 2.11 bits per heavy atom. The molecule has 1 heterocycles. The minimum absolute atomic E-state index is 0.265. The summed E-state index contributed by atoms with van der Waals surface area (Å²) >= 11 is 0. The predicted molar refractivity (Wildman–Crippen MR) is 67.6 cm³/mol. The van der Waals surface area contributed by atoms with Gasteiger partial charge in [-0.3, -0.25) is 4.98 Å². The van der Waals surface area contributed by atoms with Crippen LogP contribution >= 0.6 is 0 Å². The summed E-state index contributed by atoms with van der Waals surface area (Å²) in [6, 6.07) is 8.48. The molecule has 0 saturated heterocycles. The van der Waals surface area contributed by atoms with Crippen LogP contribution in [0.3, 0.4) is 0 Å². The molecule has 0 aliphatic carbocycles. The van der Waals surface area contributed by atoms with Crippen LogP contribution in [0, 0.1) is 12.7 Å². The van der Waals surface area contributed by atoms with Gasteiger partial charge in [-0.25, -0.2) is 4.39 Å². The van der Waals surface area contributed by atoms with Gasteiger partial charge in [0.25, 0.3) is 0 Å². The van der Waals surface area contributed by atoms with Gasteiger partial charge in [0.1, 0.15) is 6.61 Å². The van der Waals surface area contributed by atoms with Crippen molar-refractivity contribution in [2.24, 2.45) is 5.73 Å². The maximum atomic E-state index is 13.5. The summed E-state index contributed by atoms with van der Waals surface area (Å²) < 4.78 is 18.9. The Kier molecular flexibility index (Phi) is 3.89.